The Kier molecular flexibility index (Phi) is 7.97. The number of hydrogen-bond acceptors (Lipinski definition) is 3. The summed E-state index contributed by atoms with van der Waals surface area (Å²) in [4.78, 5) is 25.2. The number of halogens is 1. The third kappa shape index (κ3) is 6.39. The molecule has 0 saturated carbocycles. The number of esters is 1. The van der Waals surface area contributed by atoms with Crippen LogP contribution in [0, 0.1) is 11.7 Å². The first kappa shape index (κ1) is 22.0. The number of carbonyl (C=O) groups is 2. The van der Waals surface area contributed by atoms with Gasteiger partial charge in [-0.2, -0.15) is 0 Å². The lowest BCUT2D eigenvalue weighted by Crippen LogP contribution is -3.12. The summed E-state index contributed by atoms with van der Waals surface area (Å²) in [7, 11) is 1.38. The molecular weight excluding hydrogens is 383 g/mol. The Morgan fingerprint density at radius 3 is 2.67 bits per heavy atom. The summed E-state index contributed by atoms with van der Waals surface area (Å²) in [6, 6.07) is 14.1. The zero-order chi connectivity index (χ0) is 21.3. The van der Waals surface area contributed by atoms with E-state index in [1.54, 1.807) is 18.2 Å². The monoisotopic (exact) mass is 413 g/mol. The van der Waals surface area contributed by atoms with Crippen molar-refractivity contribution in [3.63, 3.8) is 0 Å². The molecule has 1 amide bonds. The van der Waals surface area contributed by atoms with E-state index in [9.17, 15) is 14.0 Å². The third-order valence-electron chi connectivity index (χ3n) is 5.76. The van der Waals surface area contributed by atoms with Gasteiger partial charge in [0.05, 0.1) is 25.8 Å². The quantitative estimate of drug-likeness (QED) is 0.654. The summed E-state index contributed by atoms with van der Waals surface area (Å²) in [6.07, 6.45) is 3.62. The molecule has 1 saturated heterocycles. The van der Waals surface area contributed by atoms with Gasteiger partial charge in [0.2, 0.25) is 5.91 Å². The maximum absolute atomic E-state index is 13.6. The maximum Gasteiger partial charge on any atom is 0.337 e. The van der Waals surface area contributed by atoms with Crippen LogP contribution in [0.3, 0.4) is 0 Å². The fourth-order valence-electron chi connectivity index (χ4n) is 4.08. The number of amides is 1. The Labute approximate surface area is 177 Å². The van der Waals surface area contributed by atoms with Crippen molar-refractivity contribution in [2.24, 2.45) is 5.92 Å². The summed E-state index contributed by atoms with van der Waals surface area (Å²) in [5, 5.41) is 2.83. The van der Waals surface area contributed by atoms with Crippen LogP contribution in [0.25, 0.3) is 0 Å². The van der Waals surface area contributed by atoms with Crippen LogP contribution in [0.15, 0.2) is 48.5 Å². The van der Waals surface area contributed by atoms with Crippen molar-refractivity contribution in [1.29, 1.82) is 0 Å². The lowest BCUT2D eigenvalue weighted by Gasteiger charge is -2.30. The van der Waals surface area contributed by atoms with Gasteiger partial charge in [0.25, 0.3) is 0 Å². The lowest BCUT2D eigenvalue weighted by atomic mass is 9.93. The number of ether oxygens (including phenoxy) is 1. The Balaban J connectivity index is 1.41. The van der Waals surface area contributed by atoms with Gasteiger partial charge in [-0.15, -0.1) is 0 Å². The summed E-state index contributed by atoms with van der Waals surface area (Å²) in [5.41, 5.74) is 2.27. The molecule has 30 heavy (non-hydrogen) atoms. The Hall–Kier alpha value is -2.73. The molecule has 0 bridgehead atoms. The Bertz CT molecular complexity index is 854. The number of piperidine rings is 1. The lowest BCUT2D eigenvalue weighted by molar-refractivity contribution is -0.922. The number of rotatable bonds is 8. The minimum absolute atomic E-state index is 0.0243. The molecule has 3 rings (SSSR count). The molecule has 2 atom stereocenters. The molecule has 1 heterocycles. The van der Waals surface area contributed by atoms with Crippen LogP contribution in [-0.2, 0) is 22.6 Å². The molecule has 0 spiro atoms. The van der Waals surface area contributed by atoms with E-state index >= 15 is 0 Å². The van der Waals surface area contributed by atoms with Crippen LogP contribution in [-0.4, -0.2) is 32.1 Å². The zero-order valence-corrected chi connectivity index (χ0v) is 17.5. The van der Waals surface area contributed by atoms with E-state index in [4.69, 9.17) is 4.74 Å². The first-order valence-corrected chi connectivity index (χ1v) is 10.6. The summed E-state index contributed by atoms with van der Waals surface area (Å²) < 4.78 is 18.4. The molecule has 0 aliphatic carbocycles. The van der Waals surface area contributed by atoms with Gasteiger partial charge < -0.3 is 15.0 Å². The summed E-state index contributed by atoms with van der Waals surface area (Å²) in [5.74, 6) is -0.116. The first-order chi connectivity index (χ1) is 14.5. The van der Waals surface area contributed by atoms with Crippen LogP contribution < -0.4 is 10.2 Å². The average molecular weight is 414 g/mol. The second-order valence-electron chi connectivity index (χ2n) is 7.98. The fraction of sp³-hybridized carbons (Fsp3) is 0.417. The van der Waals surface area contributed by atoms with Crippen molar-refractivity contribution >= 4 is 11.9 Å². The average Bonchev–Trinajstić information content (AvgIpc) is 2.77. The van der Waals surface area contributed by atoms with Gasteiger partial charge in [0.1, 0.15) is 12.4 Å². The minimum Gasteiger partial charge on any atom is -0.465 e. The second-order valence-corrected chi connectivity index (χ2v) is 7.98. The predicted molar refractivity (Wildman–Crippen MR) is 112 cm³/mol. The number of carbonyl (C=O) groups excluding carboxylic acids is 2. The van der Waals surface area contributed by atoms with Gasteiger partial charge in [-0.05, 0) is 37.5 Å². The minimum atomic E-state index is -0.319. The second kappa shape index (κ2) is 10.9. The molecule has 160 valence electrons. The number of likely N-dealkylation sites (tertiary alicyclic amines) is 1. The van der Waals surface area contributed by atoms with Crippen molar-refractivity contribution in [3.05, 3.63) is 71.0 Å². The SMILES string of the molecule is COC(=O)c1ccc(C[NH+]2CCCC(CCC(=O)NCc3ccccc3F)C2)cc1. The molecular formula is C24H30FN2O3+. The normalized spacial score (nSPS) is 18.6. The number of quaternary nitrogens is 1. The standard InChI is InChI=1S/C24H29FN2O3/c1-30-24(29)20-11-8-19(9-12-20)17-27-14-4-5-18(16-27)10-13-23(28)26-15-21-6-2-3-7-22(21)25/h2-3,6-9,11-12,18H,4-5,10,13-17H2,1H3,(H,26,28)/p+1. The number of methoxy groups -OCH3 is 1. The van der Waals surface area contributed by atoms with Gasteiger partial charge in [-0.25, -0.2) is 9.18 Å². The van der Waals surface area contributed by atoms with Gasteiger partial charge in [-0.1, -0.05) is 30.3 Å². The molecule has 6 heteroatoms. The van der Waals surface area contributed by atoms with E-state index < -0.39 is 0 Å². The number of hydrogen-bond donors (Lipinski definition) is 2. The van der Waals surface area contributed by atoms with Gasteiger partial charge in [0.15, 0.2) is 0 Å². The zero-order valence-electron chi connectivity index (χ0n) is 17.5. The largest absolute Gasteiger partial charge is 0.465 e. The molecule has 2 unspecified atom stereocenters. The Morgan fingerprint density at radius 1 is 1.17 bits per heavy atom. The topological polar surface area (TPSA) is 59.8 Å². The maximum atomic E-state index is 13.6. The number of nitrogens with one attached hydrogen (secondary N) is 2. The highest BCUT2D eigenvalue weighted by molar-refractivity contribution is 5.89. The van der Waals surface area contributed by atoms with Crippen LogP contribution in [0.1, 0.15) is 47.2 Å². The highest BCUT2D eigenvalue weighted by Gasteiger charge is 2.24. The molecule has 1 aliphatic heterocycles. The van der Waals surface area contributed by atoms with Gasteiger partial charge >= 0.3 is 5.97 Å². The fourth-order valence-corrected chi connectivity index (χ4v) is 4.08. The van der Waals surface area contributed by atoms with E-state index in [0.29, 0.717) is 23.5 Å². The first-order valence-electron chi connectivity index (χ1n) is 10.6. The van der Waals surface area contributed by atoms with Crippen LogP contribution >= 0.6 is 0 Å². The predicted octanol–water partition coefficient (Wildman–Crippen LogP) is 2.50. The van der Waals surface area contributed by atoms with Crippen molar-refractivity contribution in [3.8, 4) is 0 Å². The third-order valence-corrected chi connectivity index (χ3v) is 5.76. The highest BCUT2D eigenvalue weighted by Crippen LogP contribution is 2.15. The molecule has 5 nitrogen and oxygen atoms in total. The smallest absolute Gasteiger partial charge is 0.337 e. The molecule has 2 aromatic carbocycles. The molecule has 2 aromatic rings. The van der Waals surface area contributed by atoms with Crippen LogP contribution in [0.2, 0.25) is 0 Å². The van der Waals surface area contributed by atoms with E-state index in [2.05, 4.69) is 5.32 Å². The number of benzene rings is 2. The van der Waals surface area contributed by atoms with Gasteiger partial charge in [-0.3, -0.25) is 4.79 Å². The highest BCUT2D eigenvalue weighted by atomic mass is 19.1. The van der Waals surface area contributed by atoms with E-state index in [1.165, 1.54) is 23.6 Å². The van der Waals surface area contributed by atoms with Crippen molar-refractivity contribution < 1.29 is 23.6 Å². The molecule has 0 radical (unpaired) electrons. The van der Waals surface area contributed by atoms with Gasteiger partial charge in [0, 0.05) is 30.0 Å². The molecule has 1 fully saturated rings. The molecule has 1 aliphatic rings. The van der Waals surface area contributed by atoms with E-state index in [0.717, 1.165) is 38.9 Å². The van der Waals surface area contributed by atoms with E-state index in [-0.39, 0.29) is 24.2 Å². The van der Waals surface area contributed by atoms with Crippen molar-refractivity contribution in [2.45, 2.75) is 38.8 Å². The van der Waals surface area contributed by atoms with Crippen LogP contribution in [0.5, 0.6) is 0 Å². The van der Waals surface area contributed by atoms with Crippen LogP contribution in [0.4, 0.5) is 4.39 Å². The Morgan fingerprint density at radius 2 is 1.93 bits per heavy atom. The van der Waals surface area contributed by atoms with Crippen molar-refractivity contribution in [2.75, 3.05) is 20.2 Å². The summed E-state index contributed by atoms with van der Waals surface area (Å²) >= 11 is 0. The van der Waals surface area contributed by atoms with E-state index in [1.807, 2.05) is 24.3 Å². The molecule has 2 N–H and O–H groups in total. The van der Waals surface area contributed by atoms with Crippen molar-refractivity contribution in [1.82, 2.24) is 5.32 Å². The summed E-state index contributed by atoms with van der Waals surface area (Å²) in [6.45, 7) is 3.31. The molecule has 0 aromatic heterocycles.